The molecule has 0 aromatic carbocycles. The maximum absolute atomic E-state index is 13.5. The van der Waals surface area contributed by atoms with E-state index in [4.69, 9.17) is 28.4 Å². The SMILES string of the molecule is CC/C=C\C/C=C\C/C=C\C/C=C\CCCCCCCCCCCCCCCCCCCCCCCCCCC(=O)NC(COC1OC(CO)C(OC2OC(CO)C(OC3OC(CO)C(O)C(O)C3O)C(O)C2O)C(O)C1O)C(O)CCCCCCCCCCCCCCCCCCCCCCCCCCCC. The van der Waals surface area contributed by atoms with Crippen LogP contribution in [0.4, 0.5) is 0 Å². The summed E-state index contributed by atoms with van der Waals surface area (Å²) in [4.78, 5) is 13.5. The smallest absolute Gasteiger partial charge is 0.220 e. The summed E-state index contributed by atoms with van der Waals surface area (Å²) in [7, 11) is 0. The van der Waals surface area contributed by atoms with Crippen molar-refractivity contribution in [2.24, 2.45) is 0 Å². The van der Waals surface area contributed by atoms with Crippen LogP contribution >= 0.6 is 0 Å². The number of nitrogens with one attached hydrogen (secondary N) is 1. The van der Waals surface area contributed by atoms with E-state index in [0.717, 1.165) is 70.6 Å². The van der Waals surface area contributed by atoms with Crippen LogP contribution in [0.1, 0.15) is 380 Å². The largest absolute Gasteiger partial charge is 0.394 e. The van der Waals surface area contributed by atoms with Crippen molar-refractivity contribution in [1.29, 1.82) is 0 Å². The van der Waals surface area contributed by atoms with Gasteiger partial charge < -0.3 is 89.9 Å². The van der Waals surface area contributed by atoms with Crippen LogP contribution in [0.25, 0.3) is 0 Å². The van der Waals surface area contributed by atoms with E-state index in [1.165, 1.54) is 276 Å². The molecule has 0 aromatic heterocycles. The molecule has 634 valence electrons. The van der Waals surface area contributed by atoms with Gasteiger partial charge in [0, 0.05) is 6.42 Å². The zero-order valence-electron chi connectivity index (χ0n) is 68.3. The zero-order valence-corrected chi connectivity index (χ0v) is 68.3. The first-order valence-corrected chi connectivity index (χ1v) is 44.9. The lowest BCUT2D eigenvalue weighted by molar-refractivity contribution is -0.379. The second-order valence-electron chi connectivity index (χ2n) is 32.0. The topological polar surface area (TPSA) is 307 Å². The highest BCUT2D eigenvalue weighted by molar-refractivity contribution is 5.76. The normalized spacial score (nSPS) is 25.6. The number of unbranched alkanes of at least 4 members (excludes halogenated alkanes) is 49. The molecule has 3 heterocycles. The van der Waals surface area contributed by atoms with Gasteiger partial charge in [-0.05, 0) is 51.4 Å². The van der Waals surface area contributed by atoms with Crippen LogP contribution in [0.3, 0.4) is 0 Å². The number of ether oxygens (including phenoxy) is 6. The monoisotopic (exact) mass is 1540 g/mol. The van der Waals surface area contributed by atoms with Gasteiger partial charge in [-0.3, -0.25) is 4.79 Å². The van der Waals surface area contributed by atoms with Gasteiger partial charge >= 0.3 is 0 Å². The number of rotatable bonds is 73. The van der Waals surface area contributed by atoms with Crippen molar-refractivity contribution in [2.45, 2.75) is 484 Å². The molecule has 0 radical (unpaired) electrons. The van der Waals surface area contributed by atoms with Gasteiger partial charge in [0.15, 0.2) is 18.9 Å². The summed E-state index contributed by atoms with van der Waals surface area (Å²) in [5.74, 6) is -0.234. The Morgan fingerprint density at radius 3 is 1.00 bits per heavy atom. The second kappa shape index (κ2) is 69.1. The summed E-state index contributed by atoms with van der Waals surface area (Å²) < 4.78 is 34.6. The average molecular weight is 1540 g/mol. The van der Waals surface area contributed by atoms with Crippen molar-refractivity contribution in [1.82, 2.24) is 5.32 Å². The Kier molecular flexibility index (Phi) is 63.9. The molecule has 3 saturated heterocycles. The number of aliphatic hydroxyl groups is 11. The summed E-state index contributed by atoms with van der Waals surface area (Å²) in [6.07, 6.45) is 62.2. The van der Waals surface area contributed by atoms with Gasteiger partial charge in [0.05, 0.1) is 38.6 Å². The van der Waals surface area contributed by atoms with Gasteiger partial charge in [-0.2, -0.15) is 0 Å². The minimum atomic E-state index is -1.97. The molecule has 0 aromatic rings. The number of allylic oxidation sites excluding steroid dienone is 8. The van der Waals surface area contributed by atoms with Crippen LogP contribution in [0.2, 0.25) is 0 Å². The summed E-state index contributed by atoms with van der Waals surface area (Å²) >= 11 is 0. The molecule has 3 fully saturated rings. The zero-order chi connectivity index (χ0) is 78.1. The fourth-order valence-electron chi connectivity index (χ4n) is 15.3. The number of aliphatic hydroxyl groups excluding tert-OH is 11. The Bertz CT molecular complexity index is 2130. The molecule has 19 heteroatoms. The summed E-state index contributed by atoms with van der Waals surface area (Å²) in [5, 5.41) is 121. The van der Waals surface area contributed by atoms with E-state index in [1.807, 2.05) is 0 Å². The highest BCUT2D eigenvalue weighted by Crippen LogP contribution is 2.34. The van der Waals surface area contributed by atoms with Crippen molar-refractivity contribution in [3.63, 3.8) is 0 Å². The Morgan fingerprint density at radius 2 is 0.639 bits per heavy atom. The van der Waals surface area contributed by atoms with Crippen molar-refractivity contribution in [3.8, 4) is 0 Å². The van der Waals surface area contributed by atoms with Gasteiger partial charge in [-0.1, -0.05) is 371 Å². The molecular weight excluding hydrogens is 1370 g/mol. The molecule has 3 rings (SSSR count). The van der Waals surface area contributed by atoms with Gasteiger partial charge in [0.2, 0.25) is 5.91 Å². The average Bonchev–Trinajstić information content (AvgIpc) is 0.779. The van der Waals surface area contributed by atoms with E-state index in [2.05, 4.69) is 67.8 Å². The van der Waals surface area contributed by atoms with Crippen molar-refractivity contribution >= 4 is 5.91 Å². The first-order chi connectivity index (χ1) is 52.8. The third-order valence-corrected chi connectivity index (χ3v) is 22.4. The van der Waals surface area contributed by atoms with Crippen LogP contribution in [0, 0.1) is 0 Å². The first-order valence-electron chi connectivity index (χ1n) is 44.9. The molecule has 17 unspecified atom stereocenters. The standard InChI is InChI=1S/C89H165NO18/c1-3-5-7-9-11-13-15-17-19-21-23-25-27-29-31-32-33-34-35-36-37-38-39-40-41-43-45-47-49-51-53-55-57-59-61-63-65-67-77(95)90-72(73(94)66-64-62-60-58-56-54-52-50-48-46-44-42-30-28-26-24-22-20-18-16-14-12-10-8-6-4-2)71-103-87-83(101)80(98)85(75(69-92)105-87)108-89-84(102)81(99)86(76(70-93)106-89)107-88-82(100)79(97)78(96)74(68-91)104-88/h5,7,11,13,17,19,23,25,72-76,78-89,91-94,96-102H,3-4,6,8-10,12,14-16,18,20-22,24,26-71H2,1-2H3,(H,90,95)/b7-5-,13-11-,19-17-,25-23-. The van der Waals surface area contributed by atoms with Crippen LogP contribution < -0.4 is 5.32 Å². The molecule has 0 bridgehead atoms. The maximum atomic E-state index is 13.5. The maximum Gasteiger partial charge on any atom is 0.220 e. The van der Waals surface area contributed by atoms with Crippen LogP contribution in [-0.2, 0) is 33.2 Å². The number of hydrogen-bond donors (Lipinski definition) is 12. The van der Waals surface area contributed by atoms with Gasteiger partial charge in [0.25, 0.3) is 0 Å². The van der Waals surface area contributed by atoms with Crippen molar-refractivity contribution < 1.29 is 89.4 Å². The molecule has 3 aliphatic heterocycles. The third kappa shape index (κ3) is 47.6. The van der Waals surface area contributed by atoms with E-state index in [-0.39, 0.29) is 18.9 Å². The summed E-state index contributed by atoms with van der Waals surface area (Å²) in [6.45, 7) is 1.75. The third-order valence-electron chi connectivity index (χ3n) is 22.4. The molecule has 12 N–H and O–H groups in total. The Hall–Kier alpha value is -2.25. The molecule has 3 aliphatic rings. The minimum absolute atomic E-state index is 0.234. The van der Waals surface area contributed by atoms with Gasteiger partial charge in [-0.25, -0.2) is 0 Å². The van der Waals surface area contributed by atoms with Crippen molar-refractivity contribution in [3.05, 3.63) is 48.6 Å². The fourth-order valence-corrected chi connectivity index (χ4v) is 15.3. The number of carbonyl (C=O) groups is 1. The van der Waals surface area contributed by atoms with Crippen LogP contribution in [0.5, 0.6) is 0 Å². The van der Waals surface area contributed by atoms with Gasteiger partial charge in [-0.15, -0.1) is 0 Å². The van der Waals surface area contributed by atoms with Gasteiger partial charge in [0.1, 0.15) is 73.2 Å². The van der Waals surface area contributed by atoms with Crippen LogP contribution in [-0.4, -0.2) is 193 Å². The molecule has 0 saturated carbocycles. The lowest BCUT2D eigenvalue weighted by Gasteiger charge is -2.48. The van der Waals surface area contributed by atoms with E-state index in [0.29, 0.717) is 12.8 Å². The van der Waals surface area contributed by atoms with E-state index >= 15 is 0 Å². The molecular formula is C89H165NO18. The molecule has 1 amide bonds. The fraction of sp³-hybridized carbons (Fsp3) is 0.899. The van der Waals surface area contributed by atoms with E-state index in [9.17, 15) is 61.0 Å². The van der Waals surface area contributed by atoms with E-state index in [1.54, 1.807) is 0 Å². The molecule has 17 atom stereocenters. The lowest BCUT2D eigenvalue weighted by Crippen LogP contribution is -2.66. The Labute approximate surface area is 656 Å². The predicted octanol–water partition coefficient (Wildman–Crippen LogP) is 16.8. The number of amides is 1. The Morgan fingerprint density at radius 1 is 0.343 bits per heavy atom. The summed E-state index contributed by atoms with van der Waals surface area (Å²) in [5.41, 5.74) is 0. The van der Waals surface area contributed by atoms with Crippen molar-refractivity contribution in [2.75, 3.05) is 26.4 Å². The second-order valence-corrected chi connectivity index (χ2v) is 32.0. The minimum Gasteiger partial charge on any atom is -0.394 e. The number of carbonyl (C=O) groups excluding carboxylic acids is 1. The number of hydrogen-bond acceptors (Lipinski definition) is 18. The quantitative estimate of drug-likeness (QED) is 0.0199. The molecule has 108 heavy (non-hydrogen) atoms. The Balaban J connectivity index is 1.31. The van der Waals surface area contributed by atoms with Crippen LogP contribution in [0.15, 0.2) is 48.6 Å². The molecule has 0 spiro atoms. The molecule has 19 nitrogen and oxygen atoms in total. The highest BCUT2D eigenvalue weighted by Gasteiger charge is 2.54. The molecule has 0 aliphatic carbocycles. The summed E-state index contributed by atoms with van der Waals surface area (Å²) in [6, 6.07) is -0.888. The van der Waals surface area contributed by atoms with E-state index < -0.39 is 124 Å². The predicted molar refractivity (Wildman–Crippen MR) is 434 cm³/mol. The lowest BCUT2D eigenvalue weighted by atomic mass is 9.96. The highest BCUT2D eigenvalue weighted by atomic mass is 16.8. The first kappa shape index (κ1) is 99.9.